The van der Waals surface area contributed by atoms with Crippen LogP contribution in [0.3, 0.4) is 0 Å². The van der Waals surface area contributed by atoms with Crippen LogP contribution in [0.15, 0.2) is 66.7 Å². The molecule has 156 valence electrons. The van der Waals surface area contributed by atoms with Gasteiger partial charge in [0.15, 0.2) is 17.3 Å². The molecule has 0 radical (unpaired) electrons. The highest BCUT2D eigenvalue weighted by molar-refractivity contribution is 6.32. The normalized spacial score (nSPS) is 11.4. The lowest BCUT2D eigenvalue weighted by Crippen LogP contribution is -2.04. The number of H-pyrrole nitrogens is 1. The molecule has 0 bridgehead atoms. The molecule has 4 rings (SSSR count). The third-order valence-corrected chi connectivity index (χ3v) is 4.92. The van der Waals surface area contributed by atoms with Gasteiger partial charge in [0.1, 0.15) is 5.82 Å². The second kappa shape index (κ2) is 8.75. The zero-order chi connectivity index (χ0) is 21.8. The standard InChI is InChI=1S/C25H22N2O4/c1-29-21-14-16(15-22(30-2)24(21)31-3)13-18(23(28)17-9-5-4-6-10-17)25-26-19-11-7-8-12-20(19)27-25/h4-15H,1-3H3,(H,26,27)/b18-13-. The molecule has 3 aromatic carbocycles. The van der Waals surface area contributed by atoms with Crippen molar-refractivity contribution in [3.05, 3.63) is 83.7 Å². The maximum Gasteiger partial charge on any atom is 0.203 e. The van der Waals surface area contributed by atoms with Crippen molar-refractivity contribution in [1.82, 2.24) is 9.97 Å². The van der Waals surface area contributed by atoms with Crippen LogP contribution in [0, 0.1) is 0 Å². The first-order chi connectivity index (χ1) is 15.1. The summed E-state index contributed by atoms with van der Waals surface area (Å²) < 4.78 is 16.3. The number of hydrogen-bond acceptors (Lipinski definition) is 5. The fourth-order valence-corrected chi connectivity index (χ4v) is 3.42. The molecule has 0 fully saturated rings. The van der Waals surface area contributed by atoms with Gasteiger partial charge in [0.2, 0.25) is 5.75 Å². The number of hydrogen-bond donors (Lipinski definition) is 1. The Kier molecular flexibility index (Phi) is 5.71. The summed E-state index contributed by atoms with van der Waals surface area (Å²) in [5.41, 5.74) is 3.36. The van der Waals surface area contributed by atoms with Crippen molar-refractivity contribution in [3.8, 4) is 17.2 Å². The number of para-hydroxylation sites is 2. The summed E-state index contributed by atoms with van der Waals surface area (Å²) in [6.07, 6.45) is 1.78. The van der Waals surface area contributed by atoms with Gasteiger partial charge in [-0.1, -0.05) is 42.5 Å². The third-order valence-electron chi connectivity index (χ3n) is 4.92. The van der Waals surface area contributed by atoms with Crippen LogP contribution >= 0.6 is 0 Å². The summed E-state index contributed by atoms with van der Waals surface area (Å²) in [6, 6.07) is 20.4. The number of aromatic nitrogens is 2. The molecule has 0 aliphatic heterocycles. The van der Waals surface area contributed by atoms with Gasteiger partial charge in [-0.15, -0.1) is 0 Å². The summed E-state index contributed by atoms with van der Waals surface area (Å²) in [4.78, 5) is 21.3. The first-order valence-corrected chi connectivity index (χ1v) is 9.71. The number of aromatic amines is 1. The molecular formula is C25H22N2O4. The monoisotopic (exact) mass is 414 g/mol. The van der Waals surface area contributed by atoms with Crippen LogP contribution in [0.25, 0.3) is 22.7 Å². The smallest absolute Gasteiger partial charge is 0.203 e. The molecular weight excluding hydrogens is 392 g/mol. The first kappa shape index (κ1) is 20.2. The molecule has 31 heavy (non-hydrogen) atoms. The van der Waals surface area contributed by atoms with Gasteiger partial charge < -0.3 is 19.2 Å². The van der Waals surface area contributed by atoms with E-state index >= 15 is 0 Å². The number of nitrogens with one attached hydrogen (secondary N) is 1. The Morgan fingerprint density at radius 1 is 0.871 bits per heavy atom. The Balaban J connectivity index is 1.90. The fraction of sp³-hybridized carbons (Fsp3) is 0.120. The van der Waals surface area contributed by atoms with E-state index in [0.717, 1.165) is 11.0 Å². The van der Waals surface area contributed by atoms with Crippen LogP contribution in [0.4, 0.5) is 0 Å². The average Bonchev–Trinajstić information content (AvgIpc) is 3.25. The lowest BCUT2D eigenvalue weighted by molar-refractivity contribution is 0.105. The van der Waals surface area contributed by atoms with Crippen molar-refractivity contribution in [1.29, 1.82) is 0 Å². The van der Waals surface area contributed by atoms with Crippen LogP contribution < -0.4 is 14.2 Å². The Morgan fingerprint density at radius 2 is 1.52 bits per heavy atom. The lowest BCUT2D eigenvalue weighted by atomic mass is 10.00. The summed E-state index contributed by atoms with van der Waals surface area (Å²) in [5, 5.41) is 0. The molecule has 0 amide bonds. The van der Waals surface area contributed by atoms with Gasteiger partial charge in [-0.25, -0.2) is 4.98 Å². The third kappa shape index (κ3) is 4.00. The zero-order valence-electron chi connectivity index (χ0n) is 17.5. The summed E-state index contributed by atoms with van der Waals surface area (Å²) in [5.74, 6) is 1.84. The number of methoxy groups -OCH3 is 3. The Hall–Kier alpha value is -4.06. The molecule has 6 heteroatoms. The molecule has 0 spiro atoms. The number of carbonyl (C=O) groups excluding carboxylic acids is 1. The summed E-state index contributed by atoms with van der Waals surface area (Å²) in [7, 11) is 4.66. The average molecular weight is 414 g/mol. The number of imidazole rings is 1. The van der Waals surface area contributed by atoms with E-state index in [-0.39, 0.29) is 5.78 Å². The Bertz CT molecular complexity index is 1200. The van der Waals surface area contributed by atoms with Gasteiger partial charge in [-0.2, -0.15) is 0 Å². The number of Topliss-reactive ketones (excluding diaryl/α,β-unsaturated/α-hetero) is 1. The molecule has 0 aliphatic rings. The lowest BCUT2D eigenvalue weighted by Gasteiger charge is -2.13. The van der Waals surface area contributed by atoms with E-state index in [4.69, 9.17) is 14.2 Å². The predicted molar refractivity (Wildman–Crippen MR) is 121 cm³/mol. The summed E-state index contributed by atoms with van der Waals surface area (Å²) >= 11 is 0. The molecule has 1 aromatic heterocycles. The minimum Gasteiger partial charge on any atom is -0.493 e. The fourth-order valence-electron chi connectivity index (χ4n) is 3.42. The van der Waals surface area contributed by atoms with Crippen LogP contribution in [0.5, 0.6) is 17.2 Å². The molecule has 4 aromatic rings. The maximum atomic E-state index is 13.4. The van der Waals surface area contributed by atoms with Crippen molar-refractivity contribution in [2.24, 2.45) is 0 Å². The molecule has 6 nitrogen and oxygen atoms in total. The van der Waals surface area contributed by atoms with Crippen LogP contribution in [-0.2, 0) is 0 Å². The number of carbonyl (C=O) groups is 1. The number of ether oxygens (including phenoxy) is 3. The quantitative estimate of drug-likeness (QED) is 0.340. The second-order valence-electron chi connectivity index (χ2n) is 6.81. The highest BCUT2D eigenvalue weighted by Crippen LogP contribution is 2.39. The van der Waals surface area contributed by atoms with Crippen LogP contribution in [0.1, 0.15) is 21.7 Å². The van der Waals surface area contributed by atoms with E-state index in [2.05, 4.69) is 9.97 Å². The Morgan fingerprint density at radius 3 is 2.13 bits per heavy atom. The molecule has 0 saturated carbocycles. The number of benzene rings is 3. The maximum absolute atomic E-state index is 13.4. The van der Waals surface area contributed by atoms with Crippen molar-refractivity contribution in [3.63, 3.8) is 0 Å². The molecule has 0 unspecified atom stereocenters. The highest BCUT2D eigenvalue weighted by Gasteiger charge is 2.19. The van der Waals surface area contributed by atoms with E-state index < -0.39 is 0 Å². The number of ketones is 1. The topological polar surface area (TPSA) is 73.4 Å². The largest absolute Gasteiger partial charge is 0.493 e. The minimum atomic E-state index is -0.145. The predicted octanol–water partition coefficient (Wildman–Crippen LogP) is 5.01. The van der Waals surface area contributed by atoms with E-state index in [1.165, 1.54) is 0 Å². The molecule has 1 N–H and O–H groups in total. The molecule has 0 saturated heterocycles. The van der Waals surface area contributed by atoms with Crippen LogP contribution in [0.2, 0.25) is 0 Å². The van der Waals surface area contributed by atoms with E-state index in [1.54, 1.807) is 51.7 Å². The second-order valence-corrected chi connectivity index (χ2v) is 6.81. The number of rotatable bonds is 7. The van der Waals surface area contributed by atoms with Crippen molar-refractivity contribution in [2.45, 2.75) is 0 Å². The van der Waals surface area contributed by atoms with Crippen molar-refractivity contribution >= 4 is 28.5 Å². The van der Waals surface area contributed by atoms with E-state index in [9.17, 15) is 4.79 Å². The molecule has 0 atom stereocenters. The van der Waals surface area contributed by atoms with Gasteiger partial charge in [0.25, 0.3) is 0 Å². The van der Waals surface area contributed by atoms with E-state index in [1.807, 2.05) is 42.5 Å². The number of allylic oxidation sites excluding steroid dienone is 1. The molecule has 1 heterocycles. The minimum absolute atomic E-state index is 0.145. The van der Waals surface area contributed by atoms with Gasteiger partial charge in [0, 0.05) is 5.56 Å². The van der Waals surface area contributed by atoms with Crippen molar-refractivity contribution < 1.29 is 19.0 Å². The van der Waals surface area contributed by atoms with Gasteiger partial charge in [0.05, 0.1) is 37.9 Å². The SMILES string of the molecule is COc1cc(/C=C(/C(=O)c2ccccc2)c2nc3ccccc3[nH]2)cc(OC)c1OC. The summed E-state index contributed by atoms with van der Waals surface area (Å²) in [6.45, 7) is 0. The van der Waals surface area contributed by atoms with Gasteiger partial charge in [-0.05, 0) is 35.9 Å². The first-order valence-electron chi connectivity index (χ1n) is 9.71. The van der Waals surface area contributed by atoms with Gasteiger partial charge >= 0.3 is 0 Å². The molecule has 0 aliphatic carbocycles. The zero-order valence-corrected chi connectivity index (χ0v) is 17.5. The Labute approximate surface area is 180 Å². The van der Waals surface area contributed by atoms with Gasteiger partial charge in [-0.3, -0.25) is 4.79 Å². The van der Waals surface area contributed by atoms with Crippen molar-refractivity contribution in [2.75, 3.05) is 21.3 Å². The number of fused-ring (bicyclic) bond motifs is 1. The van der Waals surface area contributed by atoms with E-state index in [0.29, 0.717) is 39.8 Å². The number of nitrogens with zero attached hydrogens (tertiary/aromatic N) is 1. The highest BCUT2D eigenvalue weighted by atomic mass is 16.5. The van der Waals surface area contributed by atoms with Crippen LogP contribution in [-0.4, -0.2) is 37.1 Å².